The van der Waals surface area contributed by atoms with E-state index in [4.69, 9.17) is 9.72 Å². The van der Waals surface area contributed by atoms with Crippen molar-refractivity contribution in [1.82, 2.24) is 9.88 Å². The second-order valence-corrected chi connectivity index (χ2v) is 6.28. The molecule has 2 rings (SSSR count). The summed E-state index contributed by atoms with van der Waals surface area (Å²) < 4.78 is 5.45. The molecule has 0 unspecified atom stereocenters. The van der Waals surface area contributed by atoms with Gasteiger partial charge in [0.1, 0.15) is 0 Å². The summed E-state index contributed by atoms with van der Waals surface area (Å²) in [5.74, 6) is 1.26. The van der Waals surface area contributed by atoms with Crippen LogP contribution in [0.3, 0.4) is 0 Å². The molecule has 3 nitrogen and oxygen atoms in total. The normalized spacial score (nSPS) is 20.2. The predicted octanol–water partition coefficient (Wildman–Crippen LogP) is 3.12. The molecule has 0 spiro atoms. The maximum absolute atomic E-state index is 5.45. The van der Waals surface area contributed by atoms with Gasteiger partial charge in [0, 0.05) is 31.0 Å². The van der Waals surface area contributed by atoms with E-state index in [0.717, 1.165) is 32.8 Å². The third-order valence-corrected chi connectivity index (χ3v) is 4.63. The highest BCUT2D eigenvalue weighted by molar-refractivity contribution is 7.09. The topological polar surface area (TPSA) is 25.4 Å². The molecule has 1 aromatic heterocycles. The lowest BCUT2D eigenvalue weighted by Crippen LogP contribution is -2.29. The van der Waals surface area contributed by atoms with Crippen molar-refractivity contribution in [3.63, 3.8) is 0 Å². The van der Waals surface area contributed by atoms with E-state index < -0.39 is 0 Å². The molecule has 0 aliphatic carbocycles. The second kappa shape index (κ2) is 6.64. The van der Waals surface area contributed by atoms with Crippen molar-refractivity contribution in [1.29, 1.82) is 0 Å². The Morgan fingerprint density at radius 2 is 2.39 bits per heavy atom. The molecule has 18 heavy (non-hydrogen) atoms. The number of aromatic nitrogens is 1. The van der Waals surface area contributed by atoms with E-state index in [-0.39, 0.29) is 0 Å². The summed E-state index contributed by atoms with van der Waals surface area (Å²) in [6.07, 6.45) is 1.21. The minimum atomic E-state index is 0.544. The van der Waals surface area contributed by atoms with E-state index in [1.54, 1.807) is 11.3 Å². The maximum atomic E-state index is 5.45. The number of thiazole rings is 1. The molecule has 0 radical (unpaired) electrons. The lowest BCUT2D eigenvalue weighted by molar-refractivity contribution is 0.166. The Labute approximate surface area is 114 Å². The minimum absolute atomic E-state index is 0.544. The van der Waals surface area contributed by atoms with Crippen molar-refractivity contribution in [2.24, 2.45) is 5.92 Å². The fourth-order valence-electron chi connectivity index (χ4n) is 2.29. The standard InChI is InChI=1S/C14H24N2OS/c1-4-16(7-12-5-6-17-9-12)8-13-10-18-14(15-13)11(2)3/h10-12H,4-9H2,1-3H3/t12-/m0/s1. The Bertz CT molecular complexity index is 358. The molecule has 0 aromatic carbocycles. The van der Waals surface area contributed by atoms with Crippen LogP contribution < -0.4 is 0 Å². The van der Waals surface area contributed by atoms with E-state index in [9.17, 15) is 0 Å². The van der Waals surface area contributed by atoms with Crippen LogP contribution in [0.5, 0.6) is 0 Å². The Hall–Kier alpha value is -0.450. The average molecular weight is 268 g/mol. The van der Waals surface area contributed by atoms with Crippen LogP contribution >= 0.6 is 11.3 Å². The number of hydrogen-bond acceptors (Lipinski definition) is 4. The van der Waals surface area contributed by atoms with Gasteiger partial charge in [0.25, 0.3) is 0 Å². The van der Waals surface area contributed by atoms with Gasteiger partial charge < -0.3 is 4.74 Å². The van der Waals surface area contributed by atoms with E-state index in [2.05, 4.69) is 31.1 Å². The molecule has 1 saturated heterocycles. The van der Waals surface area contributed by atoms with Gasteiger partial charge in [-0.25, -0.2) is 4.98 Å². The molecule has 0 bridgehead atoms. The Kier molecular flexibility index (Phi) is 5.15. The highest BCUT2D eigenvalue weighted by atomic mass is 32.1. The summed E-state index contributed by atoms with van der Waals surface area (Å²) in [5, 5.41) is 3.47. The van der Waals surface area contributed by atoms with Crippen molar-refractivity contribution in [3.05, 3.63) is 16.1 Å². The van der Waals surface area contributed by atoms with Gasteiger partial charge in [0.15, 0.2) is 0 Å². The third-order valence-electron chi connectivity index (χ3n) is 3.44. The first-order valence-corrected chi connectivity index (χ1v) is 7.81. The molecule has 1 aliphatic heterocycles. The van der Waals surface area contributed by atoms with Crippen LogP contribution in [-0.2, 0) is 11.3 Å². The molecule has 1 aliphatic rings. The van der Waals surface area contributed by atoms with E-state index in [1.165, 1.54) is 17.1 Å². The minimum Gasteiger partial charge on any atom is -0.381 e. The lowest BCUT2D eigenvalue weighted by Gasteiger charge is -2.22. The van der Waals surface area contributed by atoms with Gasteiger partial charge in [-0.1, -0.05) is 20.8 Å². The molecule has 0 N–H and O–H groups in total. The number of nitrogens with zero attached hydrogens (tertiary/aromatic N) is 2. The highest BCUT2D eigenvalue weighted by Crippen LogP contribution is 2.21. The van der Waals surface area contributed by atoms with Crippen LogP contribution in [0.4, 0.5) is 0 Å². The van der Waals surface area contributed by atoms with Gasteiger partial charge in [-0.15, -0.1) is 11.3 Å². The van der Waals surface area contributed by atoms with Gasteiger partial charge >= 0.3 is 0 Å². The lowest BCUT2D eigenvalue weighted by atomic mass is 10.1. The van der Waals surface area contributed by atoms with Crippen LogP contribution in [0.2, 0.25) is 0 Å². The molecule has 4 heteroatoms. The number of ether oxygens (including phenoxy) is 1. The first-order valence-electron chi connectivity index (χ1n) is 6.93. The molecule has 1 atom stereocenters. The molecule has 1 fully saturated rings. The molecule has 102 valence electrons. The molecule has 2 heterocycles. The summed E-state index contributed by atoms with van der Waals surface area (Å²) in [6.45, 7) is 11.7. The quantitative estimate of drug-likeness (QED) is 0.792. The summed E-state index contributed by atoms with van der Waals surface area (Å²) in [4.78, 5) is 7.20. The summed E-state index contributed by atoms with van der Waals surface area (Å²) in [5.41, 5.74) is 1.23. The van der Waals surface area contributed by atoms with Crippen molar-refractivity contribution in [2.45, 2.75) is 39.7 Å². The van der Waals surface area contributed by atoms with Crippen LogP contribution in [0.15, 0.2) is 5.38 Å². The van der Waals surface area contributed by atoms with Gasteiger partial charge in [0.05, 0.1) is 17.3 Å². The van der Waals surface area contributed by atoms with Crippen molar-refractivity contribution < 1.29 is 4.74 Å². The molecular weight excluding hydrogens is 244 g/mol. The summed E-state index contributed by atoms with van der Waals surface area (Å²) in [6, 6.07) is 0. The first-order chi connectivity index (χ1) is 8.69. The van der Waals surface area contributed by atoms with Gasteiger partial charge in [0.2, 0.25) is 0 Å². The fraction of sp³-hybridized carbons (Fsp3) is 0.786. The van der Waals surface area contributed by atoms with Crippen LogP contribution in [0.1, 0.15) is 43.8 Å². The number of rotatable bonds is 6. The zero-order valence-electron chi connectivity index (χ0n) is 11.7. The largest absolute Gasteiger partial charge is 0.381 e. The predicted molar refractivity (Wildman–Crippen MR) is 76.1 cm³/mol. The van der Waals surface area contributed by atoms with E-state index in [0.29, 0.717) is 11.8 Å². The van der Waals surface area contributed by atoms with Gasteiger partial charge in [-0.2, -0.15) is 0 Å². The Balaban J connectivity index is 1.88. The summed E-state index contributed by atoms with van der Waals surface area (Å²) in [7, 11) is 0. The van der Waals surface area contributed by atoms with E-state index in [1.807, 2.05) is 0 Å². The fourth-order valence-corrected chi connectivity index (χ4v) is 3.11. The average Bonchev–Trinajstić information content (AvgIpc) is 2.99. The monoisotopic (exact) mass is 268 g/mol. The third kappa shape index (κ3) is 3.77. The zero-order chi connectivity index (χ0) is 13.0. The van der Waals surface area contributed by atoms with Crippen molar-refractivity contribution >= 4 is 11.3 Å². The van der Waals surface area contributed by atoms with Crippen molar-refractivity contribution in [2.75, 3.05) is 26.3 Å². The van der Waals surface area contributed by atoms with E-state index >= 15 is 0 Å². The Morgan fingerprint density at radius 1 is 1.56 bits per heavy atom. The van der Waals surface area contributed by atoms with Crippen molar-refractivity contribution in [3.8, 4) is 0 Å². The molecule has 0 saturated carbocycles. The molecular formula is C14H24N2OS. The zero-order valence-corrected chi connectivity index (χ0v) is 12.5. The SMILES string of the molecule is CCN(Cc1csc(C(C)C)n1)C[C@@H]1CCOC1. The maximum Gasteiger partial charge on any atom is 0.0954 e. The first kappa shape index (κ1) is 14.0. The van der Waals surface area contributed by atoms with Crippen LogP contribution in [-0.4, -0.2) is 36.2 Å². The molecule has 1 aromatic rings. The smallest absolute Gasteiger partial charge is 0.0954 e. The highest BCUT2D eigenvalue weighted by Gasteiger charge is 2.19. The van der Waals surface area contributed by atoms with Gasteiger partial charge in [-0.05, 0) is 18.9 Å². The summed E-state index contributed by atoms with van der Waals surface area (Å²) >= 11 is 1.79. The van der Waals surface area contributed by atoms with Crippen LogP contribution in [0, 0.1) is 5.92 Å². The number of hydrogen-bond donors (Lipinski definition) is 0. The van der Waals surface area contributed by atoms with Crippen LogP contribution in [0.25, 0.3) is 0 Å². The van der Waals surface area contributed by atoms with Gasteiger partial charge in [-0.3, -0.25) is 4.90 Å². The molecule has 0 amide bonds. The second-order valence-electron chi connectivity index (χ2n) is 5.39. The Morgan fingerprint density at radius 3 is 2.94 bits per heavy atom.